The maximum Gasteiger partial charge on any atom is 0.407 e. The zero-order valence-corrected chi connectivity index (χ0v) is 16.4. The molecule has 1 aromatic carbocycles. The molecule has 0 unspecified atom stereocenters. The van der Waals surface area contributed by atoms with Crippen LogP contribution in [0.4, 0.5) is 4.79 Å². The lowest BCUT2D eigenvalue weighted by Crippen LogP contribution is -2.44. The molecule has 1 fully saturated rings. The summed E-state index contributed by atoms with van der Waals surface area (Å²) in [6.07, 6.45) is 4.04. The van der Waals surface area contributed by atoms with E-state index in [-0.39, 0.29) is 12.1 Å². The number of carbonyl (C=O) groups excluding carboxylic acids is 1. The molecule has 1 heterocycles. The third kappa shape index (κ3) is 4.51. The third-order valence-corrected chi connectivity index (χ3v) is 5.34. The van der Waals surface area contributed by atoms with E-state index >= 15 is 0 Å². The molecule has 132 valence electrons. The maximum atomic E-state index is 11.9. The number of fused-ring (bicyclic) bond motifs is 1. The fourth-order valence-corrected chi connectivity index (χ4v) is 4.12. The van der Waals surface area contributed by atoms with Gasteiger partial charge < -0.3 is 10.1 Å². The van der Waals surface area contributed by atoms with E-state index in [0.717, 1.165) is 43.2 Å². The summed E-state index contributed by atoms with van der Waals surface area (Å²) in [5.74, 6) is 0. The van der Waals surface area contributed by atoms with Crippen LogP contribution in [0.3, 0.4) is 0 Å². The number of benzene rings is 1. The van der Waals surface area contributed by atoms with Crippen LogP contribution in [0.15, 0.2) is 22.7 Å². The molecule has 24 heavy (non-hydrogen) atoms. The van der Waals surface area contributed by atoms with Crippen LogP contribution in [0.25, 0.3) is 0 Å². The van der Waals surface area contributed by atoms with E-state index < -0.39 is 5.60 Å². The Labute approximate surface area is 153 Å². The zero-order valence-electron chi connectivity index (χ0n) is 14.8. The summed E-state index contributed by atoms with van der Waals surface area (Å²) >= 11 is 3.56. The molecule has 1 aliphatic carbocycles. The highest BCUT2D eigenvalue weighted by Crippen LogP contribution is 2.32. The number of hydrogen-bond donors (Lipinski definition) is 1. The van der Waals surface area contributed by atoms with Crippen LogP contribution >= 0.6 is 15.9 Å². The molecule has 1 amide bonds. The van der Waals surface area contributed by atoms with E-state index in [9.17, 15) is 4.79 Å². The first kappa shape index (κ1) is 17.7. The van der Waals surface area contributed by atoms with Crippen LogP contribution in [0, 0.1) is 0 Å². The normalized spacial score (nSPS) is 24.5. The van der Waals surface area contributed by atoms with Gasteiger partial charge in [0, 0.05) is 29.6 Å². The fraction of sp³-hybridized carbons (Fsp3) is 0.632. The molecule has 0 atom stereocenters. The first-order valence-electron chi connectivity index (χ1n) is 8.81. The lowest BCUT2D eigenvalue weighted by molar-refractivity contribution is 0.0476. The standard InChI is InChI=1S/C19H27BrN2O2/c1-19(2,3)24-18(23)21-16-6-8-17(9-7-16)22-11-13-4-5-15(20)10-14(13)12-22/h4-5,10,16-17H,6-9,11-12H2,1-3H3,(H,21,23). The minimum atomic E-state index is -0.434. The van der Waals surface area contributed by atoms with Gasteiger partial charge in [-0.15, -0.1) is 0 Å². The van der Waals surface area contributed by atoms with Crippen LogP contribution in [0.1, 0.15) is 57.6 Å². The van der Waals surface area contributed by atoms with Crippen molar-refractivity contribution >= 4 is 22.0 Å². The molecular formula is C19H27BrN2O2. The molecule has 0 radical (unpaired) electrons. The van der Waals surface area contributed by atoms with Crippen molar-refractivity contribution < 1.29 is 9.53 Å². The highest BCUT2D eigenvalue weighted by Gasteiger charge is 2.30. The van der Waals surface area contributed by atoms with Crippen molar-refractivity contribution in [1.82, 2.24) is 10.2 Å². The van der Waals surface area contributed by atoms with Gasteiger partial charge in [0.05, 0.1) is 0 Å². The first-order valence-corrected chi connectivity index (χ1v) is 9.60. The molecule has 2 aliphatic rings. The number of halogens is 1. The molecule has 1 aliphatic heterocycles. The van der Waals surface area contributed by atoms with Gasteiger partial charge in [0.1, 0.15) is 5.60 Å². The van der Waals surface area contributed by atoms with E-state index in [1.54, 1.807) is 0 Å². The largest absolute Gasteiger partial charge is 0.444 e. The number of alkyl carbamates (subject to hydrolysis) is 1. The van der Waals surface area contributed by atoms with Crippen molar-refractivity contribution in [3.05, 3.63) is 33.8 Å². The minimum Gasteiger partial charge on any atom is -0.444 e. The van der Waals surface area contributed by atoms with Crippen molar-refractivity contribution in [2.24, 2.45) is 0 Å². The average Bonchev–Trinajstić information content (AvgIpc) is 2.89. The van der Waals surface area contributed by atoms with E-state index in [0.29, 0.717) is 6.04 Å². The van der Waals surface area contributed by atoms with Crippen LogP contribution < -0.4 is 5.32 Å². The Morgan fingerprint density at radius 2 is 1.83 bits per heavy atom. The number of carbonyl (C=O) groups is 1. The SMILES string of the molecule is CC(C)(C)OC(=O)NC1CCC(N2Cc3ccc(Br)cc3C2)CC1. The zero-order chi connectivity index (χ0) is 17.3. The molecule has 1 aromatic rings. The van der Waals surface area contributed by atoms with Crippen LogP contribution in [-0.4, -0.2) is 28.7 Å². The van der Waals surface area contributed by atoms with Gasteiger partial charge in [-0.1, -0.05) is 22.0 Å². The van der Waals surface area contributed by atoms with Gasteiger partial charge in [0.2, 0.25) is 0 Å². The number of nitrogens with one attached hydrogen (secondary N) is 1. The molecule has 5 heteroatoms. The van der Waals surface area contributed by atoms with E-state index in [2.05, 4.69) is 44.3 Å². The number of rotatable bonds is 2. The van der Waals surface area contributed by atoms with E-state index in [4.69, 9.17) is 4.74 Å². The van der Waals surface area contributed by atoms with Gasteiger partial charge in [-0.25, -0.2) is 4.79 Å². The number of nitrogens with zero attached hydrogens (tertiary/aromatic N) is 1. The molecule has 1 N–H and O–H groups in total. The second kappa shape index (κ2) is 7.04. The molecule has 1 saturated carbocycles. The molecule has 0 spiro atoms. The number of amides is 1. The monoisotopic (exact) mass is 394 g/mol. The molecular weight excluding hydrogens is 368 g/mol. The van der Waals surface area contributed by atoms with Gasteiger partial charge in [0.25, 0.3) is 0 Å². The highest BCUT2D eigenvalue weighted by molar-refractivity contribution is 9.10. The Morgan fingerprint density at radius 3 is 2.50 bits per heavy atom. The molecule has 0 saturated heterocycles. The van der Waals surface area contributed by atoms with Crippen LogP contribution in [0.5, 0.6) is 0 Å². The lowest BCUT2D eigenvalue weighted by atomic mass is 9.90. The van der Waals surface area contributed by atoms with Crippen molar-refractivity contribution in [3.8, 4) is 0 Å². The molecule has 3 rings (SSSR count). The number of hydrogen-bond acceptors (Lipinski definition) is 3. The Bertz CT molecular complexity index is 604. The first-order chi connectivity index (χ1) is 11.3. The quantitative estimate of drug-likeness (QED) is 0.796. The molecule has 0 aromatic heterocycles. The summed E-state index contributed by atoms with van der Waals surface area (Å²) in [5.41, 5.74) is 2.46. The average molecular weight is 395 g/mol. The fourth-order valence-electron chi connectivity index (χ4n) is 3.71. The Morgan fingerprint density at radius 1 is 1.17 bits per heavy atom. The van der Waals surface area contributed by atoms with Crippen molar-refractivity contribution in [2.45, 2.75) is 77.2 Å². The summed E-state index contributed by atoms with van der Waals surface area (Å²) in [7, 11) is 0. The lowest BCUT2D eigenvalue weighted by Gasteiger charge is -2.35. The summed E-state index contributed by atoms with van der Waals surface area (Å²) in [4.78, 5) is 14.5. The topological polar surface area (TPSA) is 41.6 Å². The summed E-state index contributed by atoms with van der Waals surface area (Å²) in [6.45, 7) is 7.79. The van der Waals surface area contributed by atoms with Crippen molar-refractivity contribution in [1.29, 1.82) is 0 Å². The Kier molecular flexibility index (Phi) is 5.21. The van der Waals surface area contributed by atoms with Crippen LogP contribution in [0.2, 0.25) is 0 Å². The highest BCUT2D eigenvalue weighted by atomic mass is 79.9. The molecule has 0 bridgehead atoms. The van der Waals surface area contributed by atoms with Gasteiger partial charge >= 0.3 is 6.09 Å². The van der Waals surface area contributed by atoms with Crippen molar-refractivity contribution in [2.75, 3.05) is 0 Å². The Balaban J connectivity index is 1.47. The summed E-state index contributed by atoms with van der Waals surface area (Å²) < 4.78 is 6.52. The summed E-state index contributed by atoms with van der Waals surface area (Å²) in [5, 5.41) is 3.03. The Hall–Kier alpha value is -1.07. The van der Waals surface area contributed by atoms with Gasteiger partial charge in [-0.3, -0.25) is 4.90 Å². The smallest absolute Gasteiger partial charge is 0.407 e. The maximum absolute atomic E-state index is 11.9. The minimum absolute atomic E-state index is 0.246. The van der Waals surface area contributed by atoms with Gasteiger partial charge in [-0.05, 0) is 69.7 Å². The predicted octanol–water partition coefficient (Wildman–Crippen LogP) is 4.60. The van der Waals surface area contributed by atoms with Gasteiger partial charge in [0.15, 0.2) is 0 Å². The van der Waals surface area contributed by atoms with Gasteiger partial charge in [-0.2, -0.15) is 0 Å². The molecule has 4 nitrogen and oxygen atoms in total. The second-order valence-electron chi connectivity index (χ2n) is 7.97. The van der Waals surface area contributed by atoms with E-state index in [1.165, 1.54) is 11.1 Å². The second-order valence-corrected chi connectivity index (χ2v) is 8.89. The van der Waals surface area contributed by atoms with Crippen molar-refractivity contribution in [3.63, 3.8) is 0 Å². The van der Waals surface area contributed by atoms with Crippen LogP contribution in [-0.2, 0) is 17.8 Å². The number of ether oxygens (including phenoxy) is 1. The predicted molar refractivity (Wildman–Crippen MR) is 98.8 cm³/mol. The summed E-state index contributed by atoms with van der Waals surface area (Å²) in [6, 6.07) is 7.47. The third-order valence-electron chi connectivity index (χ3n) is 4.85. The van der Waals surface area contributed by atoms with E-state index in [1.807, 2.05) is 20.8 Å².